The Balaban J connectivity index is 2.24. The van der Waals surface area contributed by atoms with Crippen molar-refractivity contribution in [3.63, 3.8) is 0 Å². The first-order chi connectivity index (χ1) is 9.95. The van der Waals surface area contributed by atoms with Gasteiger partial charge in [-0.1, -0.05) is 23.2 Å². The first kappa shape index (κ1) is 14.1. The summed E-state index contributed by atoms with van der Waals surface area (Å²) in [6.45, 7) is 0. The quantitative estimate of drug-likeness (QED) is 0.463. The predicted octanol–water partition coefficient (Wildman–Crippen LogP) is 5.02. The number of benzene rings is 2. The van der Waals surface area contributed by atoms with E-state index < -0.39 is 17.5 Å². The molecule has 2 nitrogen and oxygen atoms in total. The second kappa shape index (κ2) is 5.16. The largest absolute Gasteiger partial charge is 0.228 e. The van der Waals surface area contributed by atoms with E-state index in [1.54, 1.807) is 18.2 Å². The van der Waals surface area contributed by atoms with Crippen LogP contribution in [0.25, 0.3) is 22.3 Å². The predicted molar refractivity (Wildman–Crippen MR) is 74.9 cm³/mol. The number of fused-ring (bicyclic) bond motifs is 1. The van der Waals surface area contributed by atoms with Crippen molar-refractivity contribution in [1.29, 1.82) is 0 Å². The molecular weight excluding hydrogens is 324 g/mol. The number of aromatic nitrogens is 2. The Morgan fingerprint density at radius 3 is 2.19 bits per heavy atom. The SMILES string of the molecule is Fc1cc(-c2nc(Cl)c3cc(Cl)ccc3n2)cc(F)c1F. The lowest BCUT2D eigenvalue weighted by Crippen LogP contribution is -1.96. The second-order valence-electron chi connectivity index (χ2n) is 4.25. The standard InChI is InChI=1S/C14H5Cl2F3N2/c15-7-1-2-11-8(5-7)13(16)21-14(20-11)6-3-9(17)12(19)10(18)4-6/h1-5H. The Labute approximate surface area is 127 Å². The summed E-state index contributed by atoms with van der Waals surface area (Å²) in [4.78, 5) is 8.11. The molecule has 0 unspecified atom stereocenters. The van der Waals surface area contributed by atoms with Crippen LogP contribution >= 0.6 is 23.2 Å². The van der Waals surface area contributed by atoms with Crippen LogP contribution in [-0.4, -0.2) is 9.97 Å². The third kappa shape index (κ3) is 2.54. The molecular formula is C14H5Cl2F3N2. The molecule has 0 bridgehead atoms. The molecule has 0 aliphatic rings. The monoisotopic (exact) mass is 328 g/mol. The van der Waals surface area contributed by atoms with Crippen LogP contribution in [0.4, 0.5) is 13.2 Å². The van der Waals surface area contributed by atoms with Crippen LogP contribution in [0.5, 0.6) is 0 Å². The minimum absolute atomic E-state index is 0.00683. The van der Waals surface area contributed by atoms with Crippen LogP contribution in [0, 0.1) is 17.5 Å². The summed E-state index contributed by atoms with van der Waals surface area (Å²) in [5.74, 6) is -4.19. The van der Waals surface area contributed by atoms with Gasteiger partial charge in [0, 0.05) is 16.0 Å². The van der Waals surface area contributed by atoms with Crippen molar-refractivity contribution in [3.05, 3.63) is 58.0 Å². The van der Waals surface area contributed by atoms with Crippen LogP contribution in [-0.2, 0) is 0 Å². The van der Waals surface area contributed by atoms with Crippen molar-refractivity contribution < 1.29 is 13.2 Å². The number of hydrogen-bond donors (Lipinski definition) is 0. The summed E-state index contributed by atoms with van der Waals surface area (Å²) in [7, 11) is 0. The van der Waals surface area contributed by atoms with Crippen molar-refractivity contribution in [3.8, 4) is 11.4 Å². The van der Waals surface area contributed by atoms with Crippen LogP contribution in [0.2, 0.25) is 10.2 Å². The van der Waals surface area contributed by atoms with Crippen LogP contribution in [0.15, 0.2) is 30.3 Å². The number of nitrogens with zero attached hydrogens (tertiary/aromatic N) is 2. The molecule has 0 saturated carbocycles. The Morgan fingerprint density at radius 2 is 1.52 bits per heavy atom. The van der Waals surface area contributed by atoms with Gasteiger partial charge >= 0.3 is 0 Å². The van der Waals surface area contributed by atoms with Gasteiger partial charge in [0.15, 0.2) is 23.3 Å². The average molecular weight is 329 g/mol. The van der Waals surface area contributed by atoms with E-state index in [2.05, 4.69) is 9.97 Å². The van der Waals surface area contributed by atoms with E-state index in [1.807, 2.05) is 0 Å². The molecule has 0 atom stereocenters. The van der Waals surface area contributed by atoms with Crippen molar-refractivity contribution in [2.75, 3.05) is 0 Å². The zero-order chi connectivity index (χ0) is 15.1. The molecule has 0 saturated heterocycles. The van der Waals surface area contributed by atoms with Gasteiger partial charge in [0.25, 0.3) is 0 Å². The molecule has 3 aromatic rings. The smallest absolute Gasteiger partial charge is 0.194 e. The highest BCUT2D eigenvalue weighted by Gasteiger charge is 2.15. The van der Waals surface area contributed by atoms with Gasteiger partial charge < -0.3 is 0 Å². The maximum atomic E-state index is 13.3. The zero-order valence-corrected chi connectivity index (χ0v) is 11.7. The summed E-state index contributed by atoms with van der Waals surface area (Å²) >= 11 is 11.9. The maximum Gasteiger partial charge on any atom is 0.194 e. The Hall–Kier alpha value is -1.85. The van der Waals surface area contributed by atoms with Gasteiger partial charge in [-0.25, -0.2) is 23.1 Å². The fourth-order valence-corrected chi connectivity index (χ4v) is 2.28. The summed E-state index contributed by atoms with van der Waals surface area (Å²) in [6, 6.07) is 6.40. The lowest BCUT2D eigenvalue weighted by Gasteiger charge is -2.06. The average Bonchev–Trinajstić information content (AvgIpc) is 2.44. The van der Waals surface area contributed by atoms with E-state index in [9.17, 15) is 13.2 Å². The molecule has 1 heterocycles. The summed E-state index contributed by atoms with van der Waals surface area (Å²) in [5.41, 5.74) is 0.449. The Morgan fingerprint density at radius 1 is 0.857 bits per heavy atom. The first-order valence-electron chi connectivity index (χ1n) is 5.73. The summed E-state index contributed by atoms with van der Waals surface area (Å²) in [6.07, 6.45) is 0. The van der Waals surface area contributed by atoms with Crippen LogP contribution < -0.4 is 0 Å². The number of hydrogen-bond acceptors (Lipinski definition) is 2. The summed E-state index contributed by atoms with van der Waals surface area (Å²) in [5, 5.41) is 1.05. The van der Waals surface area contributed by atoms with Gasteiger partial charge in [-0.2, -0.15) is 0 Å². The highest BCUT2D eigenvalue weighted by atomic mass is 35.5. The minimum atomic E-state index is -1.54. The lowest BCUT2D eigenvalue weighted by atomic mass is 10.1. The highest BCUT2D eigenvalue weighted by Crippen LogP contribution is 2.28. The lowest BCUT2D eigenvalue weighted by molar-refractivity contribution is 0.447. The fourth-order valence-electron chi connectivity index (χ4n) is 1.88. The molecule has 0 radical (unpaired) electrons. The van der Waals surface area contributed by atoms with E-state index in [1.165, 1.54) is 0 Å². The molecule has 2 aromatic carbocycles. The molecule has 0 spiro atoms. The zero-order valence-electron chi connectivity index (χ0n) is 10.2. The van der Waals surface area contributed by atoms with E-state index in [-0.39, 0.29) is 16.5 Å². The molecule has 0 amide bonds. The van der Waals surface area contributed by atoms with Gasteiger partial charge in [0.2, 0.25) is 0 Å². The number of halogens is 5. The third-order valence-corrected chi connectivity index (χ3v) is 3.38. The summed E-state index contributed by atoms with van der Waals surface area (Å²) < 4.78 is 39.5. The van der Waals surface area contributed by atoms with E-state index >= 15 is 0 Å². The van der Waals surface area contributed by atoms with Gasteiger partial charge in [-0.05, 0) is 30.3 Å². The second-order valence-corrected chi connectivity index (χ2v) is 5.05. The number of rotatable bonds is 1. The molecule has 106 valence electrons. The van der Waals surface area contributed by atoms with Crippen molar-refractivity contribution in [2.45, 2.75) is 0 Å². The normalized spacial score (nSPS) is 11.1. The molecule has 0 aliphatic carbocycles. The van der Waals surface area contributed by atoms with Crippen LogP contribution in [0.1, 0.15) is 0 Å². The Kier molecular flexibility index (Phi) is 3.47. The molecule has 7 heteroatoms. The van der Waals surface area contributed by atoms with Gasteiger partial charge in [-0.3, -0.25) is 0 Å². The van der Waals surface area contributed by atoms with Gasteiger partial charge in [0.05, 0.1) is 5.52 Å². The Bertz CT molecular complexity index is 845. The van der Waals surface area contributed by atoms with E-state index in [0.29, 0.717) is 15.9 Å². The van der Waals surface area contributed by atoms with Gasteiger partial charge in [0.1, 0.15) is 5.15 Å². The van der Waals surface area contributed by atoms with Crippen LogP contribution in [0.3, 0.4) is 0 Å². The molecule has 0 fully saturated rings. The molecule has 1 aromatic heterocycles. The maximum absolute atomic E-state index is 13.3. The first-order valence-corrected chi connectivity index (χ1v) is 6.49. The van der Waals surface area contributed by atoms with Crippen molar-refractivity contribution >= 4 is 34.1 Å². The van der Waals surface area contributed by atoms with Crippen molar-refractivity contribution in [1.82, 2.24) is 9.97 Å². The highest BCUT2D eigenvalue weighted by molar-refractivity contribution is 6.35. The molecule has 0 N–H and O–H groups in total. The molecule has 0 aliphatic heterocycles. The third-order valence-electron chi connectivity index (χ3n) is 2.85. The fraction of sp³-hybridized carbons (Fsp3) is 0. The topological polar surface area (TPSA) is 25.8 Å². The van der Waals surface area contributed by atoms with E-state index in [4.69, 9.17) is 23.2 Å². The van der Waals surface area contributed by atoms with Crippen molar-refractivity contribution in [2.24, 2.45) is 0 Å². The minimum Gasteiger partial charge on any atom is -0.228 e. The molecule has 21 heavy (non-hydrogen) atoms. The molecule has 3 rings (SSSR count). The van der Waals surface area contributed by atoms with E-state index in [0.717, 1.165) is 12.1 Å². The van der Waals surface area contributed by atoms with Gasteiger partial charge in [-0.15, -0.1) is 0 Å².